The third-order valence-electron chi connectivity index (χ3n) is 6.98. The summed E-state index contributed by atoms with van der Waals surface area (Å²) in [5.74, 6) is -1.21. The minimum atomic E-state index is -0.552. The third-order valence-corrected chi connectivity index (χ3v) is 6.98. The molecule has 3 amide bonds. The van der Waals surface area contributed by atoms with Gasteiger partial charge in [-0.05, 0) is 42.2 Å². The molecule has 1 saturated heterocycles. The lowest BCUT2D eigenvalue weighted by Crippen LogP contribution is -2.39. The van der Waals surface area contributed by atoms with E-state index in [1.165, 1.54) is 29.8 Å². The van der Waals surface area contributed by atoms with Gasteiger partial charge in [-0.15, -0.1) is 0 Å². The number of imide groups is 1. The van der Waals surface area contributed by atoms with E-state index in [9.17, 15) is 24.5 Å². The van der Waals surface area contributed by atoms with E-state index >= 15 is 0 Å². The largest absolute Gasteiger partial charge is 0.324 e. The molecule has 3 fully saturated rings. The van der Waals surface area contributed by atoms with E-state index in [-0.39, 0.29) is 59.3 Å². The molecule has 8 nitrogen and oxygen atoms in total. The molecular weight excluding hydrogens is 398 g/mol. The molecular formula is C23H21N3O5. The second kappa shape index (κ2) is 7.30. The van der Waals surface area contributed by atoms with Gasteiger partial charge in [-0.2, -0.15) is 0 Å². The molecule has 2 aromatic carbocycles. The summed E-state index contributed by atoms with van der Waals surface area (Å²) in [6.07, 6.45) is 1.77. The number of likely N-dealkylation sites (tertiary alicyclic amines) is 1. The zero-order chi connectivity index (χ0) is 21.7. The standard InChI is InChI=1S/C23H21N3O5/c27-19(24-15-7-4-8-16(11-15)26(30)31)12-25-22(28)20-14-9-17(13-5-2-1-3-6-13)18(10-14)21(20)23(25)29/h1-8,11,14,17-18,20-21H,9-10,12H2,(H,24,27). The molecule has 0 spiro atoms. The average molecular weight is 419 g/mol. The number of benzene rings is 2. The highest BCUT2D eigenvalue weighted by Gasteiger charge is 2.63. The first-order valence-corrected chi connectivity index (χ1v) is 10.4. The van der Waals surface area contributed by atoms with Gasteiger partial charge in [-0.1, -0.05) is 36.4 Å². The second-order valence-corrected chi connectivity index (χ2v) is 8.58. The lowest BCUT2D eigenvalue weighted by Gasteiger charge is -2.28. The Labute approximate surface area is 178 Å². The van der Waals surface area contributed by atoms with E-state index < -0.39 is 10.8 Å². The van der Waals surface area contributed by atoms with Crippen molar-refractivity contribution in [2.45, 2.75) is 18.8 Å². The molecule has 3 aliphatic rings. The third kappa shape index (κ3) is 3.19. The molecule has 8 heteroatoms. The zero-order valence-electron chi connectivity index (χ0n) is 16.6. The van der Waals surface area contributed by atoms with Gasteiger partial charge in [-0.3, -0.25) is 29.4 Å². The number of nitro benzene ring substituents is 1. The smallest absolute Gasteiger partial charge is 0.271 e. The van der Waals surface area contributed by atoms with Gasteiger partial charge in [0.25, 0.3) is 5.69 Å². The molecule has 1 N–H and O–H groups in total. The summed E-state index contributed by atoms with van der Waals surface area (Å²) in [4.78, 5) is 50.1. The maximum Gasteiger partial charge on any atom is 0.271 e. The second-order valence-electron chi connectivity index (χ2n) is 8.58. The minimum absolute atomic E-state index is 0.124. The highest BCUT2D eigenvalue weighted by Crippen LogP contribution is 2.61. The fourth-order valence-electron chi connectivity index (χ4n) is 5.80. The van der Waals surface area contributed by atoms with E-state index in [1.54, 1.807) is 0 Å². The number of nitrogens with zero attached hydrogens (tertiary/aromatic N) is 2. The number of nitrogens with one attached hydrogen (secondary N) is 1. The van der Waals surface area contributed by atoms with Crippen molar-refractivity contribution in [2.75, 3.05) is 11.9 Å². The van der Waals surface area contributed by atoms with Crippen LogP contribution in [0.4, 0.5) is 11.4 Å². The number of amides is 3. The van der Waals surface area contributed by atoms with E-state index in [1.807, 2.05) is 18.2 Å². The van der Waals surface area contributed by atoms with Crippen LogP contribution in [0.3, 0.4) is 0 Å². The Balaban J connectivity index is 1.30. The van der Waals surface area contributed by atoms with Crippen molar-refractivity contribution in [2.24, 2.45) is 23.7 Å². The first kappa shape index (κ1) is 19.4. The molecule has 5 atom stereocenters. The van der Waals surface area contributed by atoms with E-state index in [2.05, 4.69) is 17.4 Å². The van der Waals surface area contributed by atoms with Gasteiger partial charge in [0, 0.05) is 17.8 Å². The Morgan fingerprint density at radius 1 is 1.03 bits per heavy atom. The van der Waals surface area contributed by atoms with Gasteiger partial charge in [-0.25, -0.2) is 0 Å². The molecule has 2 saturated carbocycles. The van der Waals surface area contributed by atoms with Gasteiger partial charge in [0.05, 0.1) is 16.8 Å². The molecule has 1 heterocycles. The fraction of sp³-hybridized carbons (Fsp3) is 0.348. The van der Waals surface area contributed by atoms with Gasteiger partial charge in [0.2, 0.25) is 17.7 Å². The Morgan fingerprint density at radius 3 is 2.52 bits per heavy atom. The van der Waals surface area contributed by atoms with Crippen LogP contribution in [-0.2, 0) is 14.4 Å². The van der Waals surface area contributed by atoms with Crippen molar-refractivity contribution in [3.8, 4) is 0 Å². The predicted molar refractivity (Wildman–Crippen MR) is 111 cm³/mol. The van der Waals surface area contributed by atoms with Crippen LogP contribution in [0, 0.1) is 33.8 Å². The van der Waals surface area contributed by atoms with Crippen molar-refractivity contribution in [1.82, 2.24) is 4.90 Å². The topological polar surface area (TPSA) is 110 Å². The molecule has 0 aromatic heterocycles. The summed E-state index contributed by atoms with van der Waals surface area (Å²) in [7, 11) is 0. The van der Waals surface area contributed by atoms with Crippen molar-refractivity contribution < 1.29 is 19.3 Å². The van der Waals surface area contributed by atoms with Gasteiger partial charge >= 0.3 is 0 Å². The molecule has 31 heavy (non-hydrogen) atoms. The first-order chi connectivity index (χ1) is 14.9. The van der Waals surface area contributed by atoms with Crippen LogP contribution >= 0.6 is 0 Å². The average Bonchev–Trinajstić information content (AvgIpc) is 3.42. The van der Waals surface area contributed by atoms with Crippen LogP contribution in [0.15, 0.2) is 54.6 Å². The summed E-state index contributed by atoms with van der Waals surface area (Å²) in [6, 6.07) is 15.6. The highest BCUT2D eigenvalue weighted by atomic mass is 16.6. The van der Waals surface area contributed by atoms with Crippen LogP contribution in [0.25, 0.3) is 0 Å². The van der Waals surface area contributed by atoms with Crippen LogP contribution < -0.4 is 5.32 Å². The number of non-ortho nitro benzene ring substituents is 1. The molecule has 1 aliphatic heterocycles. The maximum atomic E-state index is 13.1. The lowest BCUT2D eigenvalue weighted by molar-refractivity contribution is -0.384. The van der Waals surface area contributed by atoms with Crippen LogP contribution in [0.1, 0.15) is 24.3 Å². The number of fused-ring (bicyclic) bond motifs is 5. The SMILES string of the molecule is O=C(CN1C(=O)C2C3CC(c4ccccc4)C(C3)C2C1=O)Nc1cccc([N+](=O)[O-])c1. The molecule has 5 rings (SSSR count). The number of nitro groups is 1. The first-order valence-electron chi connectivity index (χ1n) is 10.4. The molecule has 2 aliphatic carbocycles. The Hall–Kier alpha value is -3.55. The fourth-order valence-corrected chi connectivity index (χ4v) is 5.80. The summed E-state index contributed by atoms with van der Waals surface area (Å²) in [5, 5.41) is 13.5. The Morgan fingerprint density at radius 2 is 1.77 bits per heavy atom. The van der Waals surface area contributed by atoms with Crippen LogP contribution in [0.5, 0.6) is 0 Å². The van der Waals surface area contributed by atoms with Crippen LogP contribution in [-0.4, -0.2) is 34.1 Å². The van der Waals surface area contributed by atoms with Crippen molar-refractivity contribution in [1.29, 1.82) is 0 Å². The van der Waals surface area contributed by atoms with E-state index in [0.29, 0.717) is 0 Å². The van der Waals surface area contributed by atoms with Crippen molar-refractivity contribution >= 4 is 29.1 Å². The molecule has 158 valence electrons. The lowest BCUT2D eigenvalue weighted by atomic mass is 9.73. The van der Waals surface area contributed by atoms with E-state index in [0.717, 1.165) is 17.7 Å². The summed E-state index contributed by atoms with van der Waals surface area (Å²) >= 11 is 0. The number of hydrogen-bond acceptors (Lipinski definition) is 5. The van der Waals surface area contributed by atoms with Crippen LogP contribution in [0.2, 0.25) is 0 Å². The van der Waals surface area contributed by atoms with Gasteiger partial charge < -0.3 is 5.32 Å². The molecule has 5 unspecified atom stereocenters. The zero-order valence-corrected chi connectivity index (χ0v) is 16.6. The van der Waals surface area contributed by atoms with Crippen molar-refractivity contribution in [3.05, 3.63) is 70.3 Å². The highest BCUT2D eigenvalue weighted by molar-refractivity contribution is 6.09. The molecule has 2 aromatic rings. The van der Waals surface area contributed by atoms with Crippen molar-refractivity contribution in [3.63, 3.8) is 0 Å². The number of rotatable bonds is 5. The molecule has 0 radical (unpaired) electrons. The number of carbonyl (C=O) groups excluding carboxylic acids is 3. The molecule has 2 bridgehead atoms. The minimum Gasteiger partial charge on any atom is -0.324 e. The van der Waals surface area contributed by atoms with E-state index in [4.69, 9.17) is 0 Å². The summed E-state index contributed by atoms with van der Waals surface area (Å²) in [5.41, 5.74) is 1.31. The van der Waals surface area contributed by atoms with Gasteiger partial charge in [0.15, 0.2) is 0 Å². The monoisotopic (exact) mass is 419 g/mol. The number of hydrogen-bond donors (Lipinski definition) is 1. The maximum absolute atomic E-state index is 13.1. The normalized spacial score (nSPS) is 28.6. The summed E-state index contributed by atoms with van der Waals surface area (Å²) in [6.45, 7) is -0.372. The Bertz CT molecular complexity index is 1090. The van der Waals surface area contributed by atoms with Gasteiger partial charge in [0.1, 0.15) is 6.54 Å². The Kier molecular flexibility index (Phi) is 4.57. The number of carbonyl (C=O) groups is 3. The predicted octanol–water partition coefficient (Wildman–Crippen LogP) is 2.96. The summed E-state index contributed by atoms with van der Waals surface area (Å²) < 4.78 is 0. The number of anilines is 1. The quantitative estimate of drug-likeness (QED) is 0.455.